The van der Waals surface area contributed by atoms with Crippen molar-refractivity contribution in [2.45, 2.75) is 153 Å². The van der Waals surface area contributed by atoms with E-state index in [0.29, 0.717) is 30.1 Å². The third-order valence-corrected chi connectivity index (χ3v) is 15.0. The second kappa shape index (κ2) is 28.5. The molecule has 7 rings (SSSR count). The molecule has 0 heterocycles. The molecular formula is C66H66Cl6O18. The first kappa shape index (κ1) is 70.1. The predicted molar refractivity (Wildman–Crippen MR) is 336 cm³/mol. The van der Waals surface area contributed by atoms with Crippen LogP contribution in [0.5, 0.6) is 34.5 Å². The molecule has 6 aromatic carbocycles. The highest BCUT2D eigenvalue weighted by Crippen LogP contribution is 2.40. The van der Waals surface area contributed by atoms with Crippen molar-refractivity contribution in [1.29, 1.82) is 0 Å². The molecule has 0 amide bonds. The van der Waals surface area contributed by atoms with Crippen LogP contribution in [0.1, 0.15) is 83.1 Å². The van der Waals surface area contributed by atoms with E-state index in [-0.39, 0.29) is 34.5 Å². The number of hydrogen-bond acceptors (Lipinski definition) is 18. The van der Waals surface area contributed by atoms with E-state index in [1.165, 1.54) is 229 Å². The molecular weight excluding hydrogens is 1290 g/mol. The Kier molecular flexibility index (Phi) is 22.2. The highest BCUT2D eigenvalue weighted by atomic mass is 35.5. The van der Waals surface area contributed by atoms with Gasteiger partial charge in [0.15, 0.2) is 70.2 Å². The summed E-state index contributed by atoms with van der Waals surface area (Å²) < 4.78 is 76.1. The second-order valence-corrected chi connectivity index (χ2v) is 26.2. The van der Waals surface area contributed by atoms with Crippen LogP contribution in [0.2, 0.25) is 30.1 Å². The number of carbonyl (C=O) groups is 6. The van der Waals surface area contributed by atoms with Gasteiger partial charge in [0.2, 0.25) is 0 Å². The minimum absolute atomic E-state index is 0.123. The van der Waals surface area contributed by atoms with Gasteiger partial charge in [-0.15, -0.1) is 0 Å². The van der Waals surface area contributed by atoms with Crippen molar-refractivity contribution in [3.8, 4) is 34.5 Å². The van der Waals surface area contributed by atoms with Crippen molar-refractivity contribution in [2.24, 2.45) is 0 Å². The smallest absolute Gasteiger partial charge is 0.350 e. The van der Waals surface area contributed by atoms with Crippen LogP contribution in [0.15, 0.2) is 146 Å². The van der Waals surface area contributed by atoms with Gasteiger partial charge in [-0.3, -0.25) is 0 Å². The van der Waals surface area contributed by atoms with Crippen LogP contribution in [0.25, 0.3) is 0 Å². The standard InChI is InChI=1S/C66H66Cl6O18/c1-61(2,85-43-25-13-37(67)14-26-43)55(73)79-49-50(80-56(74)62(3,4)86-44-27-15-38(68)16-28-44)52(82-58(76)64(7,8)88-46-31-19-40(70)20-32-46)54(84-60(78)66(11,12)90-48-35-23-42(72)24-36-48)53(83-59(77)65(9,10)89-47-33-21-41(71)22-34-47)51(49)81-57(75)63(5,6)87-45-29-17-39(69)18-30-45/h13-36,49-54H,1-12H3. The Morgan fingerprint density at radius 1 is 0.222 bits per heavy atom. The van der Waals surface area contributed by atoms with Crippen molar-refractivity contribution in [1.82, 2.24) is 0 Å². The van der Waals surface area contributed by atoms with Gasteiger partial charge < -0.3 is 56.8 Å². The average Bonchev–Trinajstić information content (AvgIpc) is 0.848. The van der Waals surface area contributed by atoms with Gasteiger partial charge in [-0.2, -0.15) is 0 Å². The zero-order chi connectivity index (χ0) is 66.3. The number of benzene rings is 6. The number of hydrogen-bond donors (Lipinski definition) is 0. The predicted octanol–water partition coefficient (Wildman–Crippen LogP) is 14.5. The molecule has 0 N–H and O–H groups in total. The number of halogens is 6. The van der Waals surface area contributed by atoms with E-state index in [1.54, 1.807) is 0 Å². The minimum Gasteiger partial charge on any atom is -0.476 e. The molecule has 1 saturated carbocycles. The van der Waals surface area contributed by atoms with Crippen molar-refractivity contribution >= 4 is 105 Å². The Balaban J connectivity index is 1.50. The molecule has 18 nitrogen and oxygen atoms in total. The van der Waals surface area contributed by atoms with Crippen molar-refractivity contribution < 1.29 is 85.6 Å². The fourth-order valence-electron chi connectivity index (χ4n) is 8.55. The molecule has 0 radical (unpaired) electrons. The van der Waals surface area contributed by atoms with Crippen LogP contribution < -0.4 is 28.4 Å². The zero-order valence-corrected chi connectivity index (χ0v) is 55.5. The molecule has 1 fully saturated rings. The first-order valence-electron chi connectivity index (χ1n) is 27.9. The van der Waals surface area contributed by atoms with E-state index in [1.807, 2.05) is 0 Å². The van der Waals surface area contributed by atoms with Crippen LogP contribution in [0.4, 0.5) is 0 Å². The van der Waals surface area contributed by atoms with Gasteiger partial charge in [0.25, 0.3) is 0 Å². The maximum Gasteiger partial charge on any atom is 0.350 e. The molecule has 0 spiro atoms. The molecule has 0 aromatic heterocycles. The lowest BCUT2D eigenvalue weighted by Gasteiger charge is -2.49. The Morgan fingerprint density at radius 3 is 0.422 bits per heavy atom. The first-order valence-corrected chi connectivity index (χ1v) is 30.1. The first-order chi connectivity index (χ1) is 41.9. The molecule has 0 unspecified atom stereocenters. The molecule has 0 bridgehead atoms. The summed E-state index contributed by atoms with van der Waals surface area (Å²) in [4.78, 5) is 91.8. The summed E-state index contributed by atoms with van der Waals surface area (Å²) in [5.41, 5.74) is -12.2. The number of ether oxygens (including phenoxy) is 12. The second-order valence-electron chi connectivity index (χ2n) is 23.6. The molecule has 480 valence electrons. The summed E-state index contributed by atoms with van der Waals surface area (Å²) in [5, 5.41) is 2.03. The molecule has 1 aliphatic rings. The van der Waals surface area contributed by atoms with Crippen LogP contribution in [-0.2, 0) is 57.2 Å². The lowest BCUT2D eigenvalue weighted by molar-refractivity contribution is -0.272. The maximum atomic E-state index is 15.3. The summed E-state index contributed by atoms with van der Waals surface area (Å²) >= 11 is 37.3. The normalized spacial score (nSPS) is 17.9. The van der Waals surface area contributed by atoms with Gasteiger partial charge >= 0.3 is 35.8 Å². The number of carbonyl (C=O) groups excluding carboxylic acids is 6. The fourth-order valence-corrected chi connectivity index (χ4v) is 9.31. The number of esters is 6. The van der Waals surface area contributed by atoms with Gasteiger partial charge in [0.05, 0.1) is 0 Å². The third-order valence-electron chi connectivity index (χ3n) is 13.5. The van der Waals surface area contributed by atoms with Gasteiger partial charge in [-0.05, 0) is 229 Å². The monoisotopic (exact) mass is 1360 g/mol. The fraction of sp³-hybridized carbons (Fsp3) is 0.364. The van der Waals surface area contributed by atoms with E-state index in [2.05, 4.69) is 0 Å². The van der Waals surface area contributed by atoms with E-state index in [4.69, 9.17) is 126 Å². The minimum atomic E-state index is -2.30. The molecule has 0 aliphatic heterocycles. The molecule has 90 heavy (non-hydrogen) atoms. The Labute approximate surface area is 551 Å². The third kappa shape index (κ3) is 18.4. The van der Waals surface area contributed by atoms with Crippen molar-refractivity contribution in [2.75, 3.05) is 0 Å². The van der Waals surface area contributed by atoms with Crippen LogP contribution >= 0.6 is 69.6 Å². The molecule has 0 saturated heterocycles. The van der Waals surface area contributed by atoms with Crippen LogP contribution in [0.3, 0.4) is 0 Å². The Hall–Kier alpha value is -7.32. The average molecular weight is 1360 g/mol. The van der Waals surface area contributed by atoms with Crippen molar-refractivity contribution in [3.05, 3.63) is 176 Å². The lowest BCUT2D eigenvalue weighted by atomic mass is 9.82. The highest BCUT2D eigenvalue weighted by Gasteiger charge is 2.64. The van der Waals surface area contributed by atoms with Crippen LogP contribution in [-0.4, -0.2) is 106 Å². The summed E-state index contributed by atoms with van der Waals surface area (Å²) in [6.45, 7) is 16.0. The SMILES string of the molecule is CC(C)(Oc1ccc(Cl)cc1)C(=O)OC1C(OC(=O)C(C)(C)Oc2ccc(Cl)cc2)C(OC(=O)C(C)(C)Oc2ccc(Cl)cc2)C(OC(=O)C(C)(C)Oc2ccc(Cl)cc2)C(OC(=O)C(C)(C)Oc2ccc(Cl)cc2)C1OC(=O)C(C)(C)Oc1ccc(Cl)cc1. The summed E-state index contributed by atoms with van der Waals surface area (Å²) in [6, 6.07) is 35.7. The summed E-state index contributed by atoms with van der Waals surface area (Å²) in [5.74, 6) is -6.77. The van der Waals surface area contributed by atoms with E-state index >= 15 is 28.8 Å². The van der Waals surface area contributed by atoms with Gasteiger partial charge in [-0.25, -0.2) is 28.8 Å². The van der Waals surface area contributed by atoms with E-state index in [0.717, 1.165) is 0 Å². The summed E-state index contributed by atoms with van der Waals surface area (Å²) in [6.07, 6.45) is -13.8. The largest absolute Gasteiger partial charge is 0.476 e. The number of rotatable bonds is 24. The zero-order valence-electron chi connectivity index (χ0n) is 50.9. The Morgan fingerprint density at radius 2 is 0.322 bits per heavy atom. The topological polar surface area (TPSA) is 213 Å². The van der Waals surface area contributed by atoms with Gasteiger partial charge in [-0.1, -0.05) is 69.6 Å². The molecule has 0 atom stereocenters. The van der Waals surface area contributed by atoms with Crippen molar-refractivity contribution in [3.63, 3.8) is 0 Å². The maximum absolute atomic E-state index is 15.3. The highest BCUT2D eigenvalue weighted by molar-refractivity contribution is 6.32. The van der Waals surface area contributed by atoms with E-state index in [9.17, 15) is 0 Å². The van der Waals surface area contributed by atoms with Crippen LogP contribution in [0, 0.1) is 0 Å². The van der Waals surface area contributed by atoms with Gasteiger partial charge in [0.1, 0.15) is 34.5 Å². The Bertz CT molecular complexity index is 2890. The molecule has 24 heteroatoms. The molecule has 6 aromatic rings. The quantitative estimate of drug-likeness (QED) is 0.0407. The van der Waals surface area contributed by atoms with Gasteiger partial charge in [0, 0.05) is 30.1 Å². The molecule has 1 aliphatic carbocycles. The van der Waals surface area contributed by atoms with E-state index < -0.39 is 106 Å². The summed E-state index contributed by atoms with van der Waals surface area (Å²) in [7, 11) is 0. The lowest BCUT2D eigenvalue weighted by Crippen LogP contribution is -2.71.